The molecule has 11 nitrogen and oxygen atoms in total. The molecule has 3 aliphatic heterocycles. The first-order chi connectivity index (χ1) is 21.8. The fourth-order valence-corrected chi connectivity index (χ4v) is 6.66. The molecular formula is C34H49FN6O5. The summed E-state index contributed by atoms with van der Waals surface area (Å²) < 4.78 is 32.0. The van der Waals surface area contributed by atoms with Gasteiger partial charge in [0.1, 0.15) is 23.5 Å². The molecule has 252 valence electrons. The number of benzene rings is 1. The van der Waals surface area contributed by atoms with Gasteiger partial charge < -0.3 is 34.2 Å². The zero-order chi connectivity index (χ0) is 33.1. The van der Waals surface area contributed by atoms with Crippen LogP contribution in [0.3, 0.4) is 0 Å². The highest BCUT2D eigenvalue weighted by Gasteiger charge is 2.46. The number of ether oxygens (including phenoxy) is 3. The minimum atomic E-state index is -0.518. The molecule has 0 bridgehead atoms. The smallest absolute Gasteiger partial charge is 0.407 e. The predicted octanol–water partition coefficient (Wildman–Crippen LogP) is 5.25. The molecule has 0 aliphatic carbocycles. The molecule has 5 rings (SSSR count). The van der Waals surface area contributed by atoms with E-state index in [1.54, 1.807) is 11.1 Å². The molecule has 46 heavy (non-hydrogen) atoms. The second-order valence-corrected chi connectivity index (χ2v) is 14.2. The van der Waals surface area contributed by atoms with Gasteiger partial charge in [-0.25, -0.2) is 19.2 Å². The average molecular weight is 641 g/mol. The molecule has 0 radical (unpaired) electrons. The van der Waals surface area contributed by atoms with Gasteiger partial charge in [-0.2, -0.15) is 0 Å². The van der Waals surface area contributed by atoms with Crippen molar-refractivity contribution >= 4 is 17.8 Å². The van der Waals surface area contributed by atoms with Crippen LogP contribution in [0, 0.1) is 11.2 Å². The molecule has 2 aromatic rings. The minimum Gasteiger partial charge on any atom is -0.451 e. The number of alkyl carbamates (subject to hydrolysis) is 1. The van der Waals surface area contributed by atoms with Gasteiger partial charge in [0.25, 0.3) is 5.91 Å². The third-order valence-corrected chi connectivity index (χ3v) is 9.10. The third kappa shape index (κ3) is 8.25. The number of carbonyl (C=O) groups excluding carboxylic acids is 2. The molecule has 3 aliphatic rings. The maximum atomic E-state index is 14.3. The molecule has 3 saturated heterocycles. The van der Waals surface area contributed by atoms with Gasteiger partial charge in [-0.3, -0.25) is 4.79 Å². The SMILES string of the molecule is CCN(C(=O)c1cc(F)ccc1Oc1cncnc1N1CC2(CCN(C[C@@H]3CC[C@@H](NC(=O)OC(C)(C)C)CO3)CC2)C1)C(C)C. The Morgan fingerprint density at radius 3 is 2.54 bits per heavy atom. The first-order valence-corrected chi connectivity index (χ1v) is 16.5. The molecule has 1 aromatic heterocycles. The van der Waals surface area contributed by atoms with E-state index in [0.29, 0.717) is 24.7 Å². The second-order valence-electron chi connectivity index (χ2n) is 14.2. The van der Waals surface area contributed by atoms with E-state index in [0.717, 1.165) is 58.4 Å². The summed E-state index contributed by atoms with van der Waals surface area (Å²) in [5.41, 5.74) is -0.130. The van der Waals surface area contributed by atoms with Gasteiger partial charge in [0.05, 0.1) is 30.5 Å². The van der Waals surface area contributed by atoms with E-state index in [9.17, 15) is 14.0 Å². The second kappa shape index (κ2) is 14.1. The number of aromatic nitrogens is 2. The van der Waals surface area contributed by atoms with Gasteiger partial charge in [-0.05, 0) is 98.5 Å². The minimum absolute atomic E-state index is 0.0199. The van der Waals surface area contributed by atoms with Crippen LogP contribution in [0.1, 0.15) is 77.6 Å². The molecule has 1 aromatic carbocycles. The summed E-state index contributed by atoms with van der Waals surface area (Å²) >= 11 is 0. The Bertz CT molecular complexity index is 1360. The summed E-state index contributed by atoms with van der Waals surface area (Å²) in [5, 5.41) is 2.93. The number of anilines is 1. The Labute approximate surface area is 271 Å². The number of hydrogen-bond donors (Lipinski definition) is 1. The Morgan fingerprint density at radius 2 is 1.91 bits per heavy atom. The van der Waals surface area contributed by atoms with E-state index in [1.807, 2.05) is 41.5 Å². The third-order valence-electron chi connectivity index (χ3n) is 9.10. The summed E-state index contributed by atoms with van der Waals surface area (Å²) in [6.45, 7) is 17.0. The van der Waals surface area contributed by atoms with E-state index >= 15 is 0 Å². The van der Waals surface area contributed by atoms with E-state index in [2.05, 4.69) is 25.1 Å². The summed E-state index contributed by atoms with van der Waals surface area (Å²) in [4.78, 5) is 40.5. The normalized spacial score (nSPS) is 21.5. The summed E-state index contributed by atoms with van der Waals surface area (Å²) in [5.74, 6) is 0.618. The van der Waals surface area contributed by atoms with Crippen LogP contribution >= 0.6 is 0 Å². The fraction of sp³-hybridized carbons (Fsp3) is 0.647. The average Bonchev–Trinajstić information content (AvgIpc) is 2.98. The lowest BCUT2D eigenvalue weighted by Crippen LogP contribution is -2.61. The van der Waals surface area contributed by atoms with Crippen LogP contribution in [0.4, 0.5) is 15.0 Å². The summed E-state index contributed by atoms with van der Waals surface area (Å²) in [6, 6.07) is 3.97. The lowest BCUT2D eigenvalue weighted by atomic mass is 9.72. The van der Waals surface area contributed by atoms with Gasteiger partial charge in [0, 0.05) is 37.6 Å². The fourth-order valence-electron chi connectivity index (χ4n) is 6.66. The van der Waals surface area contributed by atoms with Crippen molar-refractivity contribution < 1.29 is 28.2 Å². The highest BCUT2D eigenvalue weighted by Crippen LogP contribution is 2.45. The zero-order valence-electron chi connectivity index (χ0n) is 28.1. The number of halogens is 1. The molecule has 1 spiro atoms. The maximum Gasteiger partial charge on any atom is 0.407 e. The highest BCUT2D eigenvalue weighted by atomic mass is 19.1. The quantitative estimate of drug-likeness (QED) is 0.393. The number of likely N-dealkylation sites (tertiary alicyclic amines) is 1. The van der Waals surface area contributed by atoms with Crippen molar-refractivity contribution in [3.05, 3.63) is 42.1 Å². The monoisotopic (exact) mass is 640 g/mol. The van der Waals surface area contributed by atoms with Gasteiger partial charge >= 0.3 is 6.09 Å². The van der Waals surface area contributed by atoms with Crippen LogP contribution in [0.15, 0.2) is 30.7 Å². The molecule has 12 heteroatoms. The Balaban J connectivity index is 1.12. The summed E-state index contributed by atoms with van der Waals surface area (Å²) in [6.07, 6.45) is 6.82. The lowest BCUT2D eigenvalue weighted by Gasteiger charge is -2.54. The first-order valence-electron chi connectivity index (χ1n) is 16.5. The van der Waals surface area contributed by atoms with Crippen LogP contribution in [0.5, 0.6) is 11.5 Å². The Kier molecular flexibility index (Phi) is 10.4. The molecule has 0 unspecified atom stereocenters. The maximum absolute atomic E-state index is 14.3. The molecule has 3 fully saturated rings. The number of piperidine rings is 1. The molecule has 4 heterocycles. The largest absolute Gasteiger partial charge is 0.451 e. The van der Waals surface area contributed by atoms with Gasteiger partial charge in [-0.15, -0.1) is 0 Å². The number of nitrogens with one attached hydrogen (secondary N) is 1. The Hall–Kier alpha value is -3.51. The van der Waals surface area contributed by atoms with E-state index in [1.165, 1.54) is 24.5 Å². The van der Waals surface area contributed by atoms with Crippen molar-refractivity contribution in [2.75, 3.05) is 50.8 Å². The Morgan fingerprint density at radius 1 is 1.17 bits per heavy atom. The van der Waals surface area contributed by atoms with Crippen LogP contribution < -0.4 is 15.0 Å². The van der Waals surface area contributed by atoms with Crippen LogP contribution in [-0.2, 0) is 9.47 Å². The first kappa shape index (κ1) is 33.8. The van der Waals surface area contributed by atoms with Crippen molar-refractivity contribution in [1.29, 1.82) is 0 Å². The van der Waals surface area contributed by atoms with Crippen LogP contribution in [0.2, 0.25) is 0 Å². The topological polar surface area (TPSA) is 109 Å². The number of carbonyl (C=O) groups is 2. The number of amides is 2. The summed E-state index contributed by atoms with van der Waals surface area (Å²) in [7, 11) is 0. The van der Waals surface area contributed by atoms with Gasteiger partial charge in [0.2, 0.25) is 0 Å². The highest BCUT2D eigenvalue weighted by molar-refractivity contribution is 5.97. The molecule has 0 saturated carbocycles. The number of hydrogen-bond acceptors (Lipinski definition) is 9. The molecular weight excluding hydrogens is 591 g/mol. The van der Waals surface area contributed by atoms with Crippen molar-refractivity contribution in [3.63, 3.8) is 0 Å². The lowest BCUT2D eigenvalue weighted by molar-refractivity contribution is -0.0347. The number of nitrogens with zero attached hydrogens (tertiary/aromatic N) is 5. The van der Waals surface area contributed by atoms with E-state index in [-0.39, 0.29) is 40.8 Å². The van der Waals surface area contributed by atoms with Gasteiger partial charge in [-0.1, -0.05) is 0 Å². The van der Waals surface area contributed by atoms with E-state index < -0.39 is 17.5 Å². The standard InChI is InChI=1S/C34H49FN6O5/c1-7-41(23(2)3)31(42)27-16-24(35)8-11-28(27)45-29-17-36-22-37-30(29)40-20-34(21-40)12-14-39(15-13-34)18-26-10-9-25(19-44-26)38-32(43)46-33(4,5)6/h8,11,16-17,22-23,25-26H,7,9-10,12-15,18-21H2,1-6H3,(H,38,43)/t25-,26+/m1/s1. The van der Waals surface area contributed by atoms with Crippen LogP contribution in [0.25, 0.3) is 0 Å². The van der Waals surface area contributed by atoms with Gasteiger partial charge in [0.15, 0.2) is 11.6 Å². The van der Waals surface area contributed by atoms with Crippen molar-refractivity contribution in [2.24, 2.45) is 5.41 Å². The van der Waals surface area contributed by atoms with Crippen molar-refractivity contribution in [2.45, 2.75) is 91.0 Å². The van der Waals surface area contributed by atoms with Crippen LogP contribution in [-0.4, -0.2) is 101 Å². The molecule has 1 N–H and O–H groups in total. The van der Waals surface area contributed by atoms with Crippen molar-refractivity contribution in [3.8, 4) is 11.5 Å². The zero-order valence-corrected chi connectivity index (χ0v) is 28.1. The van der Waals surface area contributed by atoms with Crippen molar-refractivity contribution in [1.82, 2.24) is 25.1 Å². The number of rotatable bonds is 9. The van der Waals surface area contributed by atoms with E-state index in [4.69, 9.17) is 14.2 Å². The predicted molar refractivity (Wildman–Crippen MR) is 173 cm³/mol. The molecule has 2 atom stereocenters. The molecule has 2 amide bonds.